The van der Waals surface area contributed by atoms with Gasteiger partial charge < -0.3 is 5.32 Å². The Hall–Kier alpha value is -0.940. The van der Waals surface area contributed by atoms with Gasteiger partial charge in [-0.25, -0.2) is 9.97 Å². The lowest BCUT2D eigenvalue weighted by Gasteiger charge is -2.25. The summed E-state index contributed by atoms with van der Waals surface area (Å²) < 4.78 is 2.91. The van der Waals surface area contributed by atoms with Crippen molar-refractivity contribution in [1.82, 2.24) is 19.7 Å². The Balaban J connectivity index is 1.88. The fraction of sp³-hybridized carbons (Fsp3) is 0.625. The van der Waals surface area contributed by atoms with Crippen LogP contribution >= 0.6 is 15.9 Å². The zero-order valence-corrected chi connectivity index (χ0v) is 14.8. The predicted molar refractivity (Wildman–Crippen MR) is 90.3 cm³/mol. The topological polar surface area (TPSA) is 42.2 Å². The highest BCUT2D eigenvalue weighted by Gasteiger charge is 2.16. The molecule has 0 saturated carbocycles. The number of halogens is 1. The van der Waals surface area contributed by atoms with Crippen molar-refractivity contribution >= 4 is 21.6 Å². The molecule has 0 spiro atoms. The fourth-order valence-corrected chi connectivity index (χ4v) is 2.82. The Labute approximate surface area is 135 Å². The Kier molecular flexibility index (Phi) is 5.76. The lowest BCUT2D eigenvalue weighted by atomic mass is 9.87. The van der Waals surface area contributed by atoms with E-state index in [0.29, 0.717) is 5.41 Å². The van der Waals surface area contributed by atoms with Crippen molar-refractivity contribution in [1.29, 1.82) is 0 Å². The van der Waals surface area contributed by atoms with Crippen LogP contribution in [0.5, 0.6) is 0 Å². The Morgan fingerprint density at radius 2 is 2.05 bits per heavy atom. The number of fused-ring (bicyclic) bond motifs is 1. The molecule has 2 aromatic heterocycles. The molecule has 116 valence electrons. The summed E-state index contributed by atoms with van der Waals surface area (Å²) in [6.45, 7) is 8.78. The summed E-state index contributed by atoms with van der Waals surface area (Å²) in [7, 11) is 0. The maximum absolute atomic E-state index is 4.38. The first-order valence-electron chi connectivity index (χ1n) is 7.70. The first-order chi connectivity index (χ1) is 10.0. The van der Waals surface area contributed by atoms with Crippen LogP contribution in [0.25, 0.3) is 5.65 Å². The Bertz CT molecular complexity index is 577. The highest BCUT2D eigenvalue weighted by molar-refractivity contribution is 9.10. The van der Waals surface area contributed by atoms with Crippen molar-refractivity contribution in [3.05, 3.63) is 28.9 Å². The molecule has 0 radical (unpaired) electrons. The van der Waals surface area contributed by atoms with E-state index in [1.807, 2.05) is 12.4 Å². The van der Waals surface area contributed by atoms with Crippen molar-refractivity contribution in [2.75, 3.05) is 6.54 Å². The van der Waals surface area contributed by atoms with Gasteiger partial charge in [0.05, 0.1) is 18.1 Å². The third-order valence-electron chi connectivity index (χ3n) is 3.81. The number of hydrogen-bond donors (Lipinski definition) is 1. The summed E-state index contributed by atoms with van der Waals surface area (Å²) in [6, 6.07) is 0. The Morgan fingerprint density at radius 1 is 1.24 bits per heavy atom. The van der Waals surface area contributed by atoms with Crippen LogP contribution in [0, 0.1) is 5.41 Å². The van der Waals surface area contributed by atoms with Gasteiger partial charge in [0.2, 0.25) is 0 Å². The molecular formula is C16H25BrN4. The smallest absolute Gasteiger partial charge is 0.155 e. The molecule has 0 unspecified atom stereocenters. The van der Waals surface area contributed by atoms with Crippen LogP contribution in [0.4, 0.5) is 0 Å². The lowest BCUT2D eigenvalue weighted by molar-refractivity contribution is 0.301. The summed E-state index contributed by atoms with van der Waals surface area (Å²) in [5.41, 5.74) is 2.40. The molecule has 0 aliphatic rings. The number of imidazole rings is 1. The second-order valence-corrected chi connectivity index (χ2v) is 7.23. The fourth-order valence-electron chi connectivity index (χ4n) is 2.52. The van der Waals surface area contributed by atoms with Crippen molar-refractivity contribution in [2.45, 2.75) is 53.0 Å². The first-order valence-corrected chi connectivity index (χ1v) is 8.49. The van der Waals surface area contributed by atoms with Crippen molar-refractivity contribution in [2.24, 2.45) is 5.41 Å². The van der Waals surface area contributed by atoms with E-state index in [2.05, 4.69) is 56.4 Å². The zero-order chi connectivity index (χ0) is 15.3. The Morgan fingerprint density at radius 3 is 2.81 bits per heavy atom. The summed E-state index contributed by atoms with van der Waals surface area (Å²) in [6.07, 6.45) is 10.9. The second kappa shape index (κ2) is 7.36. The van der Waals surface area contributed by atoms with Gasteiger partial charge in [-0.15, -0.1) is 0 Å². The van der Waals surface area contributed by atoms with Crippen molar-refractivity contribution < 1.29 is 0 Å². The minimum Gasteiger partial charge on any atom is -0.311 e. The molecule has 0 fully saturated rings. The minimum atomic E-state index is 0.345. The van der Waals surface area contributed by atoms with Crippen LogP contribution in [-0.2, 0) is 6.54 Å². The average molecular weight is 353 g/mol. The number of hydrogen-bond acceptors (Lipinski definition) is 3. The molecule has 5 heteroatoms. The maximum Gasteiger partial charge on any atom is 0.155 e. The second-order valence-electron chi connectivity index (χ2n) is 6.41. The molecule has 21 heavy (non-hydrogen) atoms. The third kappa shape index (κ3) is 4.78. The molecule has 0 aliphatic carbocycles. The summed E-state index contributed by atoms with van der Waals surface area (Å²) in [4.78, 5) is 8.57. The normalized spacial score (nSPS) is 12.2. The molecule has 0 saturated heterocycles. The SMILES string of the molecule is CCCCCC(C)(C)CNCc1cnc2cnc(Br)cn12. The van der Waals surface area contributed by atoms with Crippen molar-refractivity contribution in [3.8, 4) is 0 Å². The van der Waals surface area contributed by atoms with Gasteiger partial charge in [-0.1, -0.05) is 40.0 Å². The van der Waals surface area contributed by atoms with E-state index in [9.17, 15) is 0 Å². The van der Waals surface area contributed by atoms with E-state index < -0.39 is 0 Å². The molecule has 2 aromatic rings. The molecule has 1 N–H and O–H groups in total. The van der Waals surface area contributed by atoms with E-state index in [0.717, 1.165) is 29.0 Å². The summed E-state index contributed by atoms with van der Waals surface area (Å²) in [5.74, 6) is 0. The molecule has 0 aromatic carbocycles. The van der Waals surface area contributed by atoms with E-state index in [4.69, 9.17) is 0 Å². The van der Waals surface area contributed by atoms with Gasteiger partial charge in [0.25, 0.3) is 0 Å². The number of rotatable bonds is 8. The zero-order valence-electron chi connectivity index (χ0n) is 13.2. The van der Waals surface area contributed by atoms with Crippen LogP contribution in [0.1, 0.15) is 52.1 Å². The molecule has 0 amide bonds. The standard InChI is InChI=1S/C16H25BrN4/c1-4-5-6-7-16(2,3)12-18-8-13-9-20-15-10-19-14(17)11-21(13)15/h9-11,18H,4-8,12H2,1-3H3. The number of nitrogens with one attached hydrogen (secondary N) is 1. The van der Waals surface area contributed by atoms with E-state index in [1.54, 1.807) is 6.20 Å². The van der Waals surface area contributed by atoms with Gasteiger partial charge in [0, 0.05) is 19.3 Å². The highest BCUT2D eigenvalue weighted by atomic mass is 79.9. The molecule has 2 rings (SSSR count). The van der Waals surface area contributed by atoms with Crippen LogP contribution in [0.2, 0.25) is 0 Å². The van der Waals surface area contributed by atoms with Crippen LogP contribution in [0.15, 0.2) is 23.2 Å². The van der Waals surface area contributed by atoms with Gasteiger partial charge in [0.1, 0.15) is 4.60 Å². The first kappa shape index (κ1) is 16.4. The predicted octanol–water partition coefficient (Wildman–Crippen LogP) is 4.19. The number of aromatic nitrogens is 3. The van der Waals surface area contributed by atoms with Crippen LogP contribution in [-0.4, -0.2) is 20.9 Å². The summed E-state index contributed by atoms with van der Waals surface area (Å²) in [5, 5.41) is 3.57. The van der Waals surface area contributed by atoms with E-state index in [1.165, 1.54) is 25.7 Å². The van der Waals surface area contributed by atoms with Gasteiger partial charge in [0.15, 0.2) is 5.65 Å². The van der Waals surface area contributed by atoms with E-state index in [-0.39, 0.29) is 0 Å². The molecular weight excluding hydrogens is 328 g/mol. The number of unbranched alkanes of at least 4 members (excludes halogenated alkanes) is 2. The molecule has 0 aliphatic heterocycles. The molecule has 0 atom stereocenters. The summed E-state index contributed by atoms with van der Waals surface area (Å²) >= 11 is 3.41. The monoisotopic (exact) mass is 352 g/mol. The van der Waals surface area contributed by atoms with Gasteiger partial charge in [-0.3, -0.25) is 4.40 Å². The average Bonchev–Trinajstić information content (AvgIpc) is 2.81. The molecule has 0 bridgehead atoms. The molecule has 4 nitrogen and oxygen atoms in total. The van der Waals surface area contributed by atoms with Gasteiger partial charge in [-0.05, 0) is 27.8 Å². The van der Waals surface area contributed by atoms with E-state index >= 15 is 0 Å². The third-order valence-corrected chi connectivity index (χ3v) is 4.22. The maximum atomic E-state index is 4.38. The van der Waals surface area contributed by atoms with Crippen LogP contribution in [0.3, 0.4) is 0 Å². The lowest BCUT2D eigenvalue weighted by Crippen LogP contribution is -2.29. The molecule has 2 heterocycles. The van der Waals surface area contributed by atoms with Crippen LogP contribution < -0.4 is 5.32 Å². The number of nitrogens with zero attached hydrogens (tertiary/aromatic N) is 3. The minimum absolute atomic E-state index is 0.345. The van der Waals surface area contributed by atoms with Gasteiger partial charge >= 0.3 is 0 Å². The quantitative estimate of drug-likeness (QED) is 0.724. The highest BCUT2D eigenvalue weighted by Crippen LogP contribution is 2.22. The largest absolute Gasteiger partial charge is 0.311 e. The van der Waals surface area contributed by atoms with Gasteiger partial charge in [-0.2, -0.15) is 0 Å². The van der Waals surface area contributed by atoms with Crippen molar-refractivity contribution in [3.63, 3.8) is 0 Å².